The van der Waals surface area contributed by atoms with Gasteiger partial charge in [-0.25, -0.2) is 0 Å². The van der Waals surface area contributed by atoms with Crippen LogP contribution in [0.4, 0.5) is 5.69 Å². The van der Waals surface area contributed by atoms with E-state index >= 15 is 0 Å². The largest absolute Gasteiger partial charge is 0.396 e. The minimum Gasteiger partial charge on any atom is -0.396 e. The fraction of sp³-hybridized carbons (Fsp3) is 0.727. The Morgan fingerprint density at radius 3 is 2.69 bits per heavy atom. The SMILES string of the molecule is CC(C)(CN1CCOCC1)n1cc(N)cn1. The van der Waals surface area contributed by atoms with Crippen LogP contribution >= 0.6 is 0 Å². The Bertz CT molecular complexity index is 342. The van der Waals surface area contributed by atoms with Crippen LogP contribution in [0.15, 0.2) is 12.4 Å². The van der Waals surface area contributed by atoms with E-state index in [0.717, 1.165) is 38.5 Å². The first-order chi connectivity index (χ1) is 7.58. The minimum atomic E-state index is -0.0328. The van der Waals surface area contributed by atoms with Gasteiger partial charge in [-0.2, -0.15) is 5.10 Å². The van der Waals surface area contributed by atoms with Gasteiger partial charge in [-0.15, -0.1) is 0 Å². The summed E-state index contributed by atoms with van der Waals surface area (Å²) >= 11 is 0. The summed E-state index contributed by atoms with van der Waals surface area (Å²) in [5.41, 5.74) is 6.38. The summed E-state index contributed by atoms with van der Waals surface area (Å²) in [6.07, 6.45) is 3.58. The van der Waals surface area contributed by atoms with E-state index in [2.05, 4.69) is 23.8 Å². The molecule has 0 aromatic carbocycles. The number of hydrogen-bond acceptors (Lipinski definition) is 4. The van der Waals surface area contributed by atoms with Crippen LogP contribution in [0.5, 0.6) is 0 Å². The van der Waals surface area contributed by atoms with Crippen molar-refractivity contribution in [2.45, 2.75) is 19.4 Å². The molecular weight excluding hydrogens is 204 g/mol. The minimum absolute atomic E-state index is 0.0328. The van der Waals surface area contributed by atoms with E-state index in [-0.39, 0.29) is 5.54 Å². The highest BCUT2D eigenvalue weighted by Gasteiger charge is 2.25. The molecule has 0 radical (unpaired) electrons. The molecule has 90 valence electrons. The molecule has 0 saturated carbocycles. The first kappa shape index (κ1) is 11.4. The Balaban J connectivity index is 2.01. The molecule has 0 aliphatic carbocycles. The van der Waals surface area contributed by atoms with Crippen molar-refractivity contribution in [2.75, 3.05) is 38.6 Å². The zero-order chi connectivity index (χ0) is 11.6. The van der Waals surface area contributed by atoms with Crippen molar-refractivity contribution < 1.29 is 4.74 Å². The van der Waals surface area contributed by atoms with Gasteiger partial charge in [0.05, 0.1) is 30.6 Å². The zero-order valence-corrected chi connectivity index (χ0v) is 10.0. The second-order valence-corrected chi connectivity index (χ2v) is 4.92. The Labute approximate surface area is 96.2 Å². The summed E-state index contributed by atoms with van der Waals surface area (Å²) in [4.78, 5) is 2.40. The van der Waals surface area contributed by atoms with Crippen LogP contribution in [0.2, 0.25) is 0 Å². The molecular formula is C11H20N4O. The fourth-order valence-corrected chi connectivity index (χ4v) is 2.05. The van der Waals surface area contributed by atoms with Gasteiger partial charge in [0, 0.05) is 25.8 Å². The Morgan fingerprint density at radius 1 is 1.44 bits per heavy atom. The van der Waals surface area contributed by atoms with Crippen molar-refractivity contribution >= 4 is 5.69 Å². The number of aromatic nitrogens is 2. The smallest absolute Gasteiger partial charge is 0.0720 e. The molecule has 0 unspecified atom stereocenters. The van der Waals surface area contributed by atoms with Crippen LogP contribution in [-0.2, 0) is 10.3 Å². The molecule has 1 fully saturated rings. The molecule has 5 heteroatoms. The summed E-state index contributed by atoms with van der Waals surface area (Å²) in [6, 6.07) is 0. The molecule has 2 heterocycles. The second-order valence-electron chi connectivity index (χ2n) is 4.92. The highest BCUT2D eigenvalue weighted by Crippen LogP contribution is 2.18. The van der Waals surface area contributed by atoms with Crippen LogP contribution in [-0.4, -0.2) is 47.5 Å². The van der Waals surface area contributed by atoms with Crippen molar-refractivity contribution in [2.24, 2.45) is 0 Å². The van der Waals surface area contributed by atoms with Gasteiger partial charge in [0.15, 0.2) is 0 Å². The Hall–Kier alpha value is -1.07. The normalized spacial score (nSPS) is 18.9. The lowest BCUT2D eigenvalue weighted by molar-refractivity contribution is 0.0213. The molecule has 16 heavy (non-hydrogen) atoms. The standard InChI is InChI=1S/C11H20N4O/c1-11(2,15-8-10(12)7-13-15)9-14-3-5-16-6-4-14/h7-8H,3-6,9,12H2,1-2H3. The maximum atomic E-state index is 5.69. The lowest BCUT2D eigenvalue weighted by Crippen LogP contribution is -2.46. The molecule has 5 nitrogen and oxygen atoms in total. The number of rotatable bonds is 3. The molecule has 1 saturated heterocycles. The summed E-state index contributed by atoms with van der Waals surface area (Å²) in [6.45, 7) is 8.98. The molecule has 2 N–H and O–H groups in total. The molecule has 1 aromatic rings. The van der Waals surface area contributed by atoms with E-state index in [4.69, 9.17) is 10.5 Å². The lowest BCUT2D eigenvalue weighted by atomic mass is 10.1. The van der Waals surface area contributed by atoms with Gasteiger partial charge in [-0.3, -0.25) is 9.58 Å². The van der Waals surface area contributed by atoms with Crippen LogP contribution < -0.4 is 5.73 Å². The monoisotopic (exact) mass is 224 g/mol. The molecule has 1 aromatic heterocycles. The van der Waals surface area contributed by atoms with Crippen molar-refractivity contribution in [1.29, 1.82) is 0 Å². The van der Waals surface area contributed by atoms with Crippen LogP contribution in [0, 0.1) is 0 Å². The van der Waals surface area contributed by atoms with Gasteiger partial charge in [0.2, 0.25) is 0 Å². The molecule has 0 spiro atoms. The summed E-state index contributed by atoms with van der Waals surface area (Å²) < 4.78 is 7.28. The van der Waals surface area contributed by atoms with E-state index in [1.807, 2.05) is 10.9 Å². The predicted molar refractivity (Wildman–Crippen MR) is 63.2 cm³/mol. The topological polar surface area (TPSA) is 56.3 Å². The van der Waals surface area contributed by atoms with Crippen LogP contribution in [0.3, 0.4) is 0 Å². The number of anilines is 1. The molecule has 2 rings (SSSR count). The third-order valence-electron chi connectivity index (χ3n) is 2.94. The van der Waals surface area contributed by atoms with Gasteiger partial charge in [-0.05, 0) is 13.8 Å². The molecule has 1 aliphatic heterocycles. The van der Waals surface area contributed by atoms with Gasteiger partial charge < -0.3 is 10.5 Å². The first-order valence-corrected chi connectivity index (χ1v) is 5.69. The number of nitrogens with zero attached hydrogens (tertiary/aromatic N) is 3. The first-order valence-electron chi connectivity index (χ1n) is 5.69. The van der Waals surface area contributed by atoms with E-state index < -0.39 is 0 Å². The number of nitrogen functional groups attached to an aromatic ring is 1. The number of ether oxygens (including phenoxy) is 1. The van der Waals surface area contributed by atoms with Crippen molar-refractivity contribution in [3.8, 4) is 0 Å². The van der Waals surface area contributed by atoms with Crippen LogP contribution in [0.1, 0.15) is 13.8 Å². The second kappa shape index (κ2) is 4.43. The summed E-state index contributed by atoms with van der Waals surface area (Å²) in [5.74, 6) is 0. The van der Waals surface area contributed by atoms with Gasteiger partial charge in [0.25, 0.3) is 0 Å². The van der Waals surface area contributed by atoms with E-state index in [9.17, 15) is 0 Å². The summed E-state index contributed by atoms with van der Waals surface area (Å²) in [7, 11) is 0. The zero-order valence-electron chi connectivity index (χ0n) is 10.0. The third-order valence-corrected chi connectivity index (χ3v) is 2.94. The number of morpholine rings is 1. The maximum Gasteiger partial charge on any atom is 0.0720 e. The molecule has 0 amide bonds. The van der Waals surface area contributed by atoms with E-state index in [1.54, 1.807) is 6.20 Å². The van der Waals surface area contributed by atoms with Gasteiger partial charge in [-0.1, -0.05) is 0 Å². The lowest BCUT2D eigenvalue weighted by Gasteiger charge is -2.34. The number of hydrogen-bond donors (Lipinski definition) is 1. The van der Waals surface area contributed by atoms with Crippen molar-refractivity contribution in [3.05, 3.63) is 12.4 Å². The third kappa shape index (κ3) is 2.54. The average molecular weight is 224 g/mol. The average Bonchev–Trinajstić information content (AvgIpc) is 2.66. The van der Waals surface area contributed by atoms with Crippen molar-refractivity contribution in [3.63, 3.8) is 0 Å². The van der Waals surface area contributed by atoms with Gasteiger partial charge >= 0.3 is 0 Å². The summed E-state index contributed by atoms with van der Waals surface area (Å²) in [5, 5.41) is 4.29. The quantitative estimate of drug-likeness (QED) is 0.814. The highest BCUT2D eigenvalue weighted by molar-refractivity contribution is 5.30. The predicted octanol–water partition coefficient (Wildman–Crippen LogP) is 0.533. The molecule has 0 atom stereocenters. The number of nitrogens with two attached hydrogens (primary N) is 1. The van der Waals surface area contributed by atoms with Gasteiger partial charge in [0.1, 0.15) is 0 Å². The van der Waals surface area contributed by atoms with E-state index in [0.29, 0.717) is 0 Å². The highest BCUT2D eigenvalue weighted by atomic mass is 16.5. The van der Waals surface area contributed by atoms with Crippen molar-refractivity contribution in [1.82, 2.24) is 14.7 Å². The Kier molecular flexibility index (Phi) is 3.16. The molecule has 0 bridgehead atoms. The Morgan fingerprint density at radius 2 is 2.12 bits per heavy atom. The fourth-order valence-electron chi connectivity index (χ4n) is 2.05. The molecule has 1 aliphatic rings. The maximum absolute atomic E-state index is 5.69. The van der Waals surface area contributed by atoms with E-state index in [1.165, 1.54) is 0 Å². The van der Waals surface area contributed by atoms with Crippen LogP contribution in [0.25, 0.3) is 0 Å².